The SMILES string of the molecule is [C-]#[N+]/C(C(=O)OCCC)=C(/O)C(F)(F)F.[Cu]. The van der Waals surface area contributed by atoms with Gasteiger partial charge < -0.3 is 9.84 Å². The van der Waals surface area contributed by atoms with E-state index in [-0.39, 0.29) is 23.7 Å². The van der Waals surface area contributed by atoms with Gasteiger partial charge in [-0.3, -0.25) is 4.79 Å². The molecule has 1 radical (unpaired) electrons. The molecule has 0 aromatic rings. The van der Waals surface area contributed by atoms with E-state index in [0.717, 1.165) is 0 Å². The number of allylic oxidation sites excluding steroid dienone is 1. The van der Waals surface area contributed by atoms with Crippen molar-refractivity contribution in [2.75, 3.05) is 6.61 Å². The van der Waals surface area contributed by atoms with Gasteiger partial charge in [-0.2, -0.15) is 13.2 Å². The Morgan fingerprint density at radius 2 is 2.00 bits per heavy atom. The standard InChI is InChI=1S/C8H8F3NO3.Cu/c1-3-4-15-7(14)5(12-2)6(13)8(9,10)11;/h13H,3-4H2,1H3;/b6-5+;. The minimum atomic E-state index is -5.12. The van der Waals surface area contributed by atoms with Crippen molar-refractivity contribution in [2.45, 2.75) is 19.5 Å². The Morgan fingerprint density at radius 3 is 2.31 bits per heavy atom. The van der Waals surface area contributed by atoms with Crippen LogP contribution in [0.25, 0.3) is 4.85 Å². The quantitative estimate of drug-likeness (QED) is 0.284. The fraction of sp³-hybridized carbons (Fsp3) is 0.500. The van der Waals surface area contributed by atoms with Crippen LogP contribution in [0.15, 0.2) is 11.5 Å². The van der Waals surface area contributed by atoms with Crippen molar-refractivity contribution in [2.24, 2.45) is 0 Å². The van der Waals surface area contributed by atoms with E-state index in [0.29, 0.717) is 6.42 Å². The molecule has 16 heavy (non-hydrogen) atoms. The number of rotatable bonds is 3. The van der Waals surface area contributed by atoms with E-state index in [2.05, 4.69) is 9.58 Å². The molecule has 0 bridgehead atoms. The van der Waals surface area contributed by atoms with Crippen molar-refractivity contribution >= 4 is 5.97 Å². The van der Waals surface area contributed by atoms with Crippen LogP contribution in [0.4, 0.5) is 13.2 Å². The fourth-order valence-corrected chi connectivity index (χ4v) is 0.593. The maximum Gasteiger partial charge on any atom is 0.438 e. The van der Waals surface area contributed by atoms with Gasteiger partial charge in [0.25, 0.3) is 0 Å². The third-order valence-corrected chi connectivity index (χ3v) is 1.24. The van der Waals surface area contributed by atoms with E-state index in [4.69, 9.17) is 11.7 Å². The summed E-state index contributed by atoms with van der Waals surface area (Å²) in [5.41, 5.74) is -1.45. The number of esters is 1. The van der Waals surface area contributed by atoms with E-state index >= 15 is 0 Å². The van der Waals surface area contributed by atoms with Gasteiger partial charge in [0.2, 0.25) is 5.76 Å². The number of ether oxygens (including phenoxy) is 1. The molecule has 8 heteroatoms. The first-order valence-electron chi connectivity index (χ1n) is 3.89. The van der Waals surface area contributed by atoms with Crippen molar-refractivity contribution in [3.05, 3.63) is 22.9 Å². The second-order valence-corrected chi connectivity index (χ2v) is 2.44. The fourth-order valence-electron chi connectivity index (χ4n) is 0.593. The van der Waals surface area contributed by atoms with Gasteiger partial charge in [0.1, 0.15) is 0 Å². The largest absolute Gasteiger partial charge is 0.515 e. The second kappa shape index (κ2) is 7.14. The van der Waals surface area contributed by atoms with Crippen molar-refractivity contribution in [3.63, 3.8) is 0 Å². The summed E-state index contributed by atoms with van der Waals surface area (Å²) in [5, 5.41) is 8.56. The van der Waals surface area contributed by atoms with E-state index in [1.807, 2.05) is 0 Å². The molecule has 0 aliphatic carbocycles. The molecule has 95 valence electrons. The second-order valence-electron chi connectivity index (χ2n) is 2.44. The number of aliphatic hydroxyl groups excluding tert-OH is 1. The molecule has 0 amide bonds. The number of hydrogen-bond donors (Lipinski definition) is 1. The molecule has 0 heterocycles. The molecule has 0 aliphatic rings. The van der Waals surface area contributed by atoms with Crippen LogP contribution in [0.1, 0.15) is 13.3 Å². The van der Waals surface area contributed by atoms with E-state index in [1.165, 1.54) is 0 Å². The van der Waals surface area contributed by atoms with Gasteiger partial charge in [-0.25, -0.2) is 4.85 Å². The number of aliphatic hydroxyl groups is 1. The minimum Gasteiger partial charge on any atom is -0.515 e. The van der Waals surface area contributed by atoms with Crippen molar-refractivity contribution in [3.8, 4) is 0 Å². The van der Waals surface area contributed by atoms with Crippen LogP contribution in [-0.2, 0) is 26.6 Å². The van der Waals surface area contributed by atoms with E-state index in [1.54, 1.807) is 6.92 Å². The molecule has 0 rings (SSSR count). The molecule has 0 atom stereocenters. The summed E-state index contributed by atoms with van der Waals surface area (Å²) in [6.45, 7) is 7.87. The summed E-state index contributed by atoms with van der Waals surface area (Å²) in [6, 6.07) is 0. The summed E-state index contributed by atoms with van der Waals surface area (Å²) in [4.78, 5) is 13.2. The molecule has 0 saturated heterocycles. The van der Waals surface area contributed by atoms with Crippen molar-refractivity contribution < 1.29 is 44.9 Å². The van der Waals surface area contributed by atoms with Crippen molar-refractivity contribution in [1.82, 2.24) is 0 Å². The number of carbonyl (C=O) groups excluding carboxylic acids is 1. The van der Waals surface area contributed by atoms with Crippen LogP contribution in [0.3, 0.4) is 0 Å². The van der Waals surface area contributed by atoms with Crippen LogP contribution in [0.2, 0.25) is 0 Å². The molecule has 0 aromatic carbocycles. The summed E-state index contributed by atoms with van der Waals surface area (Å²) < 4.78 is 40.0. The first-order valence-corrected chi connectivity index (χ1v) is 3.89. The molecule has 0 aliphatic heterocycles. The van der Waals surface area contributed by atoms with Crippen molar-refractivity contribution in [1.29, 1.82) is 0 Å². The van der Waals surface area contributed by atoms with Crippen LogP contribution in [0.5, 0.6) is 0 Å². The average Bonchev–Trinajstić information content (AvgIpc) is 2.14. The third kappa shape index (κ3) is 5.05. The molecular formula is C8H8CuF3NO3. The van der Waals surface area contributed by atoms with Crippen LogP contribution in [-0.4, -0.2) is 23.9 Å². The van der Waals surface area contributed by atoms with Gasteiger partial charge >= 0.3 is 17.8 Å². The zero-order valence-electron chi connectivity index (χ0n) is 8.06. The monoisotopic (exact) mass is 286 g/mol. The molecule has 1 N–H and O–H groups in total. The number of carbonyl (C=O) groups is 1. The zero-order chi connectivity index (χ0) is 12.1. The summed E-state index contributed by atoms with van der Waals surface area (Å²) >= 11 is 0. The summed E-state index contributed by atoms with van der Waals surface area (Å²) in [6.07, 6.45) is -4.71. The molecule has 0 fully saturated rings. The summed E-state index contributed by atoms with van der Waals surface area (Å²) in [5.74, 6) is -3.69. The number of hydrogen-bond acceptors (Lipinski definition) is 3. The van der Waals surface area contributed by atoms with E-state index in [9.17, 15) is 18.0 Å². The zero-order valence-corrected chi connectivity index (χ0v) is 9.00. The Labute approximate surface area is 100 Å². The van der Waals surface area contributed by atoms with Gasteiger partial charge in [0, 0.05) is 17.1 Å². The minimum absolute atomic E-state index is 0. The maximum atomic E-state index is 11.9. The normalized spacial score (nSPS) is 11.9. The smallest absolute Gasteiger partial charge is 0.438 e. The van der Waals surface area contributed by atoms with Crippen LogP contribution >= 0.6 is 0 Å². The predicted molar refractivity (Wildman–Crippen MR) is 43.6 cm³/mol. The molecule has 0 saturated carbocycles. The maximum absolute atomic E-state index is 11.9. The number of halogens is 3. The predicted octanol–water partition coefficient (Wildman–Crippen LogP) is 2.19. The van der Waals surface area contributed by atoms with Crippen LogP contribution < -0.4 is 0 Å². The number of alkyl halides is 3. The molecule has 4 nitrogen and oxygen atoms in total. The van der Waals surface area contributed by atoms with Crippen LogP contribution in [0, 0.1) is 6.57 Å². The van der Waals surface area contributed by atoms with E-state index < -0.39 is 23.6 Å². The topological polar surface area (TPSA) is 50.9 Å². The third-order valence-electron chi connectivity index (χ3n) is 1.24. The average molecular weight is 287 g/mol. The first kappa shape index (κ1) is 17.2. The Bertz CT molecular complexity index is 319. The van der Waals surface area contributed by atoms with Gasteiger partial charge in [0.15, 0.2) is 0 Å². The molecule has 0 aromatic heterocycles. The first-order chi connectivity index (χ1) is 6.84. The molecular weight excluding hydrogens is 279 g/mol. The summed E-state index contributed by atoms with van der Waals surface area (Å²) in [7, 11) is 0. The van der Waals surface area contributed by atoms with Gasteiger partial charge in [0.05, 0.1) is 13.2 Å². The Kier molecular flexibility index (Phi) is 7.69. The Hall–Kier alpha value is -1.19. The van der Waals surface area contributed by atoms with Gasteiger partial charge in [-0.15, -0.1) is 0 Å². The molecule has 0 spiro atoms. The van der Waals surface area contributed by atoms with Gasteiger partial charge in [-0.05, 0) is 6.42 Å². The molecule has 0 unspecified atom stereocenters. The number of nitrogens with zero attached hydrogens (tertiary/aromatic N) is 1. The Balaban J connectivity index is 0. The van der Waals surface area contributed by atoms with Gasteiger partial charge in [-0.1, -0.05) is 6.92 Å². The Morgan fingerprint density at radius 1 is 1.50 bits per heavy atom.